The number of ketones is 1. The fourth-order valence-corrected chi connectivity index (χ4v) is 1.19. The minimum atomic E-state index is -0.677. The monoisotopic (exact) mass is 193 g/mol. The van der Waals surface area contributed by atoms with E-state index in [1.807, 2.05) is 0 Å². The van der Waals surface area contributed by atoms with E-state index in [4.69, 9.17) is 0 Å². The highest BCUT2D eigenvalue weighted by atomic mass is 16.6. The smallest absolute Gasteiger partial charge is 0.280 e. The summed E-state index contributed by atoms with van der Waals surface area (Å²) in [6.07, 6.45) is 0.434. The van der Waals surface area contributed by atoms with E-state index in [9.17, 15) is 19.7 Å². The van der Waals surface area contributed by atoms with Crippen molar-refractivity contribution in [1.29, 1.82) is 0 Å². The Balaban J connectivity index is 3.51. The lowest BCUT2D eigenvalue weighted by Crippen LogP contribution is -2.04. The molecule has 0 unspecified atom stereocenters. The van der Waals surface area contributed by atoms with Gasteiger partial charge in [-0.05, 0) is 6.92 Å². The Kier molecular flexibility index (Phi) is 2.71. The minimum absolute atomic E-state index is 0.0479. The van der Waals surface area contributed by atoms with Gasteiger partial charge < -0.3 is 0 Å². The maximum absolute atomic E-state index is 11.1. The zero-order valence-electron chi connectivity index (χ0n) is 7.39. The SMILES string of the molecule is CC(=O)c1c(C=O)cccc1[N+](=O)[O-]. The van der Waals surface area contributed by atoms with Crippen molar-refractivity contribution in [3.8, 4) is 0 Å². The van der Waals surface area contributed by atoms with Crippen LogP contribution in [-0.4, -0.2) is 17.0 Å². The third-order valence-corrected chi connectivity index (χ3v) is 1.75. The fraction of sp³-hybridized carbons (Fsp3) is 0.111. The first kappa shape index (κ1) is 10.0. The van der Waals surface area contributed by atoms with Gasteiger partial charge in [0.15, 0.2) is 12.1 Å². The Labute approximate surface area is 79.5 Å². The number of aldehydes is 1. The van der Waals surface area contributed by atoms with Crippen LogP contribution in [0.2, 0.25) is 0 Å². The molecule has 0 fully saturated rings. The molecule has 0 atom stereocenters. The summed E-state index contributed by atoms with van der Waals surface area (Å²) in [7, 11) is 0. The predicted octanol–water partition coefficient (Wildman–Crippen LogP) is 1.61. The molecule has 5 nitrogen and oxygen atoms in total. The molecule has 1 rings (SSSR count). The summed E-state index contributed by atoms with van der Waals surface area (Å²) in [4.78, 5) is 31.5. The molecule has 72 valence electrons. The highest BCUT2D eigenvalue weighted by Crippen LogP contribution is 2.21. The number of carbonyl (C=O) groups excluding carboxylic acids is 2. The number of hydrogen-bond acceptors (Lipinski definition) is 4. The normalized spacial score (nSPS) is 9.50. The third kappa shape index (κ3) is 1.66. The quantitative estimate of drug-likeness (QED) is 0.316. The highest BCUT2D eigenvalue weighted by molar-refractivity contribution is 6.04. The third-order valence-electron chi connectivity index (χ3n) is 1.75. The number of carbonyl (C=O) groups is 2. The predicted molar refractivity (Wildman–Crippen MR) is 48.5 cm³/mol. The average molecular weight is 193 g/mol. The second-order valence-electron chi connectivity index (χ2n) is 2.67. The molecular weight excluding hydrogens is 186 g/mol. The van der Waals surface area contributed by atoms with E-state index in [0.29, 0.717) is 6.29 Å². The minimum Gasteiger partial charge on any atom is -0.298 e. The molecule has 0 aliphatic heterocycles. The van der Waals surface area contributed by atoms with Gasteiger partial charge in [-0.1, -0.05) is 12.1 Å². The van der Waals surface area contributed by atoms with E-state index >= 15 is 0 Å². The van der Waals surface area contributed by atoms with Gasteiger partial charge in [-0.25, -0.2) is 0 Å². The molecule has 0 bridgehead atoms. The van der Waals surface area contributed by atoms with E-state index in [-0.39, 0.29) is 16.8 Å². The van der Waals surface area contributed by atoms with Crippen LogP contribution in [0.5, 0.6) is 0 Å². The topological polar surface area (TPSA) is 77.3 Å². The molecule has 14 heavy (non-hydrogen) atoms. The lowest BCUT2D eigenvalue weighted by molar-refractivity contribution is -0.385. The van der Waals surface area contributed by atoms with Crippen molar-refractivity contribution >= 4 is 17.8 Å². The molecule has 0 heterocycles. The molecule has 0 amide bonds. The van der Waals surface area contributed by atoms with Crippen molar-refractivity contribution in [2.75, 3.05) is 0 Å². The van der Waals surface area contributed by atoms with Crippen LogP contribution in [0, 0.1) is 10.1 Å². The van der Waals surface area contributed by atoms with Crippen molar-refractivity contribution < 1.29 is 14.5 Å². The summed E-state index contributed by atoms with van der Waals surface area (Å²) in [5.41, 5.74) is -0.415. The second-order valence-corrected chi connectivity index (χ2v) is 2.67. The number of benzene rings is 1. The van der Waals surface area contributed by atoms with Crippen molar-refractivity contribution in [3.05, 3.63) is 39.4 Å². The first-order valence-corrected chi connectivity index (χ1v) is 3.81. The summed E-state index contributed by atoms with van der Waals surface area (Å²) in [5, 5.41) is 10.5. The van der Waals surface area contributed by atoms with E-state index in [2.05, 4.69) is 0 Å². The second kappa shape index (κ2) is 3.78. The van der Waals surface area contributed by atoms with Crippen LogP contribution in [0.15, 0.2) is 18.2 Å². The van der Waals surface area contributed by atoms with Gasteiger partial charge >= 0.3 is 0 Å². The number of nitro benzene ring substituents is 1. The Morgan fingerprint density at radius 1 is 1.50 bits per heavy atom. The van der Waals surface area contributed by atoms with Crippen LogP contribution in [0.4, 0.5) is 5.69 Å². The van der Waals surface area contributed by atoms with Gasteiger partial charge in [-0.15, -0.1) is 0 Å². The van der Waals surface area contributed by atoms with Gasteiger partial charge in [0.2, 0.25) is 0 Å². The van der Waals surface area contributed by atoms with Crippen molar-refractivity contribution in [3.63, 3.8) is 0 Å². The maximum Gasteiger partial charge on any atom is 0.280 e. The molecule has 5 heteroatoms. The largest absolute Gasteiger partial charge is 0.298 e. The molecule has 1 aromatic carbocycles. The summed E-state index contributed by atoms with van der Waals surface area (Å²) in [6.45, 7) is 1.19. The van der Waals surface area contributed by atoms with Crippen LogP contribution in [0.3, 0.4) is 0 Å². The Hall–Kier alpha value is -2.04. The zero-order chi connectivity index (χ0) is 10.7. The summed E-state index contributed by atoms with van der Waals surface area (Å²) in [5.74, 6) is -0.487. The van der Waals surface area contributed by atoms with Crippen LogP contribution >= 0.6 is 0 Å². The fourth-order valence-electron chi connectivity index (χ4n) is 1.19. The lowest BCUT2D eigenvalue weighted by Gasteiger charge is -2.00. The van der Waals surface area contributed by atoms with Gasteiger partial charge in [0.25, 0.3) is 5.69 Å². The van der Waals surface area contributed by atoms with E-state index in [1.54, 1.807) is 0 Å². The molecule has 0 aromatic heterocycles. The summed E-state index contributed by atoms with van der Waals surface area (Å²) < 4.78 is 0. The number of hydrogen-bond donors (Lipinski definition) is 0. The highest BCUT2D eigenvalue weighted by Gasteiger charge is 2.20. The van der Waals surface area contributed by atoms with Gasteiger partial charge in [0.1, 0.15) is 5.56 Å². The van der Waals surface area contributed by atoms with Crippen molar-refractivity contribution in [1.82, 2.24) is 0 Å². The summed E-state index contributed by atoms with van der Waals surface area (Å²) >= 11 is 0. The first-order valence-electron chi connectivity index (χ1n) is 3.81. The average Bonchev–Trinajstić information content (AvgIpc) is 2.16. The molecule has 0 saturated carbocycles. The first-order chi connectivity index (χ1) is 6.57. The van der Waals surface area contributed by atoms with Gasteiger partial charge in [-0.3, -0.25) is 19.7 Å². The van der Waals surface area contributed by atoms with Crippen LogP contribution in [0.25, 0.3) is 0 Å². The molecule has 1 aromatic rings. The van der Waals surface area contributed by atoms with Crippen LogP contribution < -0.4 is 0 Å². The zero-order valence-corrected chi connectivity index (χ0v) is 7.39. The van der Waals surface area contributed by atoms with Crippen LogP contribution in [-0.2, 0) is 0 Å². The van der Waals surface area contributed by atoms with Crippen molar-refractivity contribution in [2.24, 2.45) is 0 Å². The number of rotatable bonds is 3. The summed E-state index contributed by atoms with van der Waals surface area (Å²) in [6, 6.07) is 3.94. The number of nitrogens with zero attached hydrogens (tertiary/aromatic N) is 1. The van der Waals surface area contributed by atoms with Gasteiger partial charge in [0.05, 0.1) is 4.92 Å². The lowest BCUT2D eigenvalue weighted by atomic mass is 10.0. The molecule has 0 spiro atoms. The molecule has 0 radical (unpaired) electrons. The molecular formula is C9H7NO4. The van der Waals surface area contributed by atoms with E-state index < -0.39 is 10.7 Å². The molecule has 0 saturated heterocycles. The molecule has 0 N–H and O–H groups in total. The Morgan fingerprint density at radius 2 is 2.14 bits per heavy atom. The molecule has 0 aliphatic rings. The van der Waals surface area contributed by atoms with Crippen LogP contribution in [0.1, 0.15) is 27.6 Å². The maximum atomic E-state index is 11.1. The number of nitro groups is 1. The van der Waals surface area contributed by atoms with E-state index in [0.717, 1.165) is 0 Å². The van der Waals surface area contributed by atoms with E-state index in [1.165, 1.54) is 25.1 Å². The van der Waals surface area contributed by atoms with Gasteiger partial charge in [-0.2, -0.15) is 0 Å². The number of Topliss-reactive ketones (excluding diaryl/α,β-unsaturated/α-hetero) is 1. The Morgan fingerprint density at radius 3 is 2.57 bits per heavy atom. The Bertz CT molecular complexity index is 411. The van der Waals surface area contributed by atoms with Crippen molar-refractivity contribution in [2.45, 2.75) is 6.92 Å². The van der Waals surface area contributed by atoms with Gasteiger partial charge in [0, 0.05) is 11.6 Å². The standard InChI is InChI=1S/C9H7NO4/c1-6(12)9-7(5-11)3-2-4-8(9)10(13)14/h2-5H,1H3. The molecule has 0 aliphatic carbocycles.